The zero-order valence-electron chi connectivity index (χ0n) is 19.0. The Morgan fingerprint density at radius 2 is 2.09 bits per heavy atom. The van der Waals surface area contributed by atoms with Crippen LogP contribution in [0.15, 0.2) is 40.9 Å². The summed E-state index contributed by atoms with van der Waals surface area (Å²) in [7, 11) is 0. The number of carbonyl (C=O) groups excluding carboxylic acids is 1. The van der Waals surface area contributed by atoms with Crippen LogP contribution in [0.5, 0.6) is 5.75 Å². The summed E-state index contributed by atoms with van der Waals surface area (Å²) in [6.45, 7) is 14.7. The first kappa shape index (κ1) is 21.4. The molecule has 1 aromatic heterocycles. The van der Waals surface area contributed by atoms with E-state index in [2.05, 4.69) is 26.0 Å². The van der Waals surface area contributed by atoms with E-state index in [-0.39, 0.29) is 17.8 Å². The van der Waals surface area contributed by atoms with Gasteiger partial charge in [-0.1, -0.05) is 23.4 Å². The van der Waals surface area contributed by atoms with Gasteiger partial charge in [0.2, 0.25) is 11.5 Å². The molecule has 0 saturated carbocycles. The van der Waals surface area contributed by atoms with Crippen LogP contribution in [0.4, 0.5) is 5.69 Å². The summed E-state index contributed by atoms with van der Waals surface area (Å²) in [5.41, 5.74) is 4.65. The summed E-state index contributed by atoms with van der Waals surface area (Å²) >= 11 is 0. The predicted molar refractivity (Wildman–Crippen MR) is 124 cm³/mol. The van der Waals surface area contributed by atoms with Gasteiger partial charge in [-0.15, -0.1) is 0 Å². The van der Waals surface area contributed by atoms with Gasteiger partial charge < -0.3 is 9.26 Å². The highest BCUT2D eigenvalue weighted by molar-refractivity contribution is 5.79. The second-order valence-corrected chi connectivity index (χ2v) is 9.07. The van der Waals surface area contributed by atoms with E-state index in [9.17, 15) is 4.79 Å². The van der Waals surface area contributed by atoms with Crippen molar-refractivity contribution in [1.82, 2.24) is 15.0 Å². The third kappa shape index (κ3) is 3.91. The number of fused-ring (bicyclic) bond motifs is 1. The fraction of sp³-hybridized carbons (Fsp3) is 0.385. The van der Waals surface area contributed by atoms with Crippen LogP contribution in [-0.2, 0) is 11.2 Å². The molecule has 0 N–H and O–H groups in total. The quantitative estimate of drug-likeness (QED) is 0.486. The Kier molecular flexibility index (Phi) is 5.47. The van der Waals surface area contributed by atoms with Crippen molar-refractivity contribution in [2.24, 2.45) is 5.92 Å². The van der Waals surface area contributed by atoms with Crippen LogP contribution in [0, 0.1) is 12.5 Å². The molecule has 1 aliphatic heterocycles. The van der Waals surface area contributed by atoms with Crippen LogP contribution in [0.2, 0.25) is 0 Å². The first-order chi connectivity index (χ1) is 15.9. The second-order valence-electron chi connectivity index (χ2n) is 9.07. The Labute approximate surface area is 193 Å². The highest BCUT2D eigenvalue weighted by Gasteiger charge is 2.38. The van der Waals surface area contributed by atoms with Gasteiger partial charge >= 0.3 is 0 Å². The number of ether oxygens (including phenoxy) is 1. The van der Waals surface area contributed by atoms with Crippen molar-refractivity contribution < 1.29 is 14.1 Å². The Bertz CT molecular complexity index is 1250. The average Bonchev–Trinajstić information content (AvgIpc) is 3.40. The molecule has 7 heteroatoms. The number of nitrogens with zero attached hydrogens (tertiary/aromatic N) is 4. The van der Waals surface area contributed by atoms with Crippen molar-refractivity contribution in [3.8, 4) is 28.6 Å². The number of benzene rings is 2. The van der Waals surface area contributed by atoms with Gasteiger partial charge in [-0.2, -0.15) is 4.98 Å². The van der Waals surface area contributed by atoms with Crippen LogP contribution in [0.3, 0.4) is 0 Å². The molecule has 1 unspecified atom stereocenters. The molecular formula is C26H26N4O3. The Morgan fingerprint density at radius 3 is 2.82 bits per heavy atom. The molecule has 2 aromatic carbocycles. The van der Waals surface area contributed by atoms with Crippen molar-refractivity contribution in [2.75, 3.05) is 13.1 Å². The van der Waals surface area contributed by atoms with Crippen LogP contribution < -0.4 is 4.74 Å². The third-order valence-corrected chi connectivity index (χ3v) is 6.52. The van der Waals surface area contributed by atoms with Crippen molar-refractivity contribution >= 4 is 11.5 Å². The van der Waals surface area contributed by atoms with E-state index in [4.69, 9.17) is 15.8 Å². The molecule has 0 radical (unpaired) electrons. The number of Topliss-reactive ketones (excluding diaryl/α,β-unsaturated/α-hetero) is 1. The van der Waals surface area contributed by atoms with Crippen molar-refractivity contribution in [3.05, 3.63) is 58.9 Å². The molecule has 5 rings (SSSR count). The predicted octanol–water partition coefficient (Wildman–Crippen LogP) is 5.25. The van der Waals surface area contributed by atoms with E-state index in [0.717, 1.165) is 31.5 Å². The standard InChI is InChI=1S/C26H26N4O3/c1-15(2)32-24-11-8-17(12-22(24)27-4)26-28-25(29-33-26)21-7-5-6-20-19(21)9-10-23(20)30-13-18(14-30)16(3)31/h5-8,11-12,15,18,23H,9-10,13-14H2,1-3H3. The maximum Gasteiger partial charge on any atom is 0.256 e. The average molecular weight is 443 g/mol. The number of rotatable bonds is 6. The molecule has 0 bridgehead atoms. The number of hydrogen-bond acceptors (Lipinski definition) is 6. The summed E-state index contributed by atoms with van der Waals surface area (Å²) in [6, 6.07) is 11.9. The summed E-state index contributed by atoms with van der Waals surface area (Å²) < 4.78 is 11.3. The number of carbonyl (C=O) groups is 1. The molecular weight excluding hydrogens is 416 g/mol. The van der Waals surface area contributed by atoms with Gasteiger partial charge in [0.15, 0.2) is 0 Å². The van der Waals surface area contributed by atoms with Crippen molar-refractivity contribution in [1.29, 1.82) is 0 Å². The minimum Gasteiger partial charge on any atom is -0.502 e. The molecule has 7 nitrogen and oxygen atoms in total. The molecule has 1 saturated heterocycles. The van der Waals surface area contributed by atoms with Gasteiger partial charge in [0, 0.05) is 36.2 Å². The fourth-order valence-corrected chi connectivity index (χ4v) is 4.79. The number of aromatic nitrogens is 2. The molecule has 3 aromatic rings. The van der Waals surface area contributed by atoms with Gasteiger partial charge in [0.1, 0.15) is 11.5 Å². The second kappa shape index (κ2) is 8.45. The lowest BCUT2D eigenvalue weighted by atomic mass is 9.92. The number of ketones is 1. The zero-order chi connectivity index (χ0) is 23.1. The zero-order valence-corrected chi connectivity index (χ0v) is 19.0. The molecule has 33 heavy (non-hydrogen) atoms. The van der Waals surface area contributed by atoms with Crippen LogP contribution in [0.25, 0.3) is 27.7 Å². The van der Waals surface area contributed by atoms with Crippen molar-refractivity contribution in [3.63, 3.8) is 0 Å². The van der Waals surface area contributed by atoms with E-state index in [0.29, 0.717) is 34.8 Å². The maximum atomic E-state index is 11.6. The van der Waals surface area contributed by atoms with E-state index in [1.807, 2.05) is 32.0 Å². The minimum atomic E-state index is -0.0139. The largest absolute Gasteiger partial charge is 0.502 e. The van der Waals surface area contributed by atoms with Gasteiger partial charge in [-0.3, -0.25) is 9.69 Å². The number of likely N-dealkylation sites (tertiary alicyclic amines) is 1. The normalized spacial score (nSPS) is 18.1. The van der Waals surface area contributed by atoms with E-state index in [1.165, 1.54) is 11.1 Å². The lowest BCUT2D eigenvalue weighted by molar-refractivity contribution is -0.126. The third-order valence-electron chi connectivity index (χ3n) is 6.52. The molecule has 168 valence electrons. The van der Waals surface area contributed by atoms with Crippen LogP contribution in [-0.4, -0.2) is 40.0 Å². The van der Waals surface area contributed by atoms with Gasteiger partial charge in [-0.25, -0.2) is 4.85 Å². The van der Waals surface area contributed by atoms with Crippen LogP contribution >= 0.6 is 0 Å². The molecule has 1 fully saturated rings. The van der Waals surface area contributed by atoms with E-state index < -0.39 is 0 Å². The first-order valence-corrected chi connectivity index (χ1v) is 11.3. The smallest absolute Gasteiger partial charge is 0.256 e. The summed E-state index contributed by atoms with van der Waals surface area (Å²) in [4.78, 5) is 22.3. The van der Waals surface area contributed by atoms with Gasteiger partial charge in [-0.05, 0) is 62.9 Å². The SMILES string of the molecule is [C-]#[N+]c1cc(-c2nc(-c3cccc4c3CCC4N3CC(C(C)=O)C3)no2)ccc1OC(C)C. The molecule has 0 spiro atoms. The van der Waals surface area contributed by atoms with Crippen molar-refractivity contribution in [2.45, 2.75) is 45.8 Å². The topological polar surface area (TPSA) is 72.8 Å². The number of hydrogen-bond donors (Lipinski definition) is 0. The summed E-state index contributed by atoms with van der Waals surface area (Å²) in [5.74, 6) is 1.94. The lowest BCUT2D eigenvalue weighted by Gasteiger charge is -2.42. The monoisotopic (exact) mass is 442 g/mol. The molecule has 0 amide bonds. The molecule has 2 heterocycles. The molecule has 1 atom stereocenters. The maximum absolute atomic E-state index is 11.6. The minimum absolute atomic E-state index is 0.0139. The van der Waals surface area contributed by atoms with Gasteiger partial charge in [0.05, 0.1) is 12.7 Å². The Morgan fingerprint density at radius 1 is 1.27 bits per heavy atom. The van der Waals surface area contributed by atoms with Crippen LogP contribution in [0.1, 0.15) is 44.4 Å². The highest BCUT2D eigenvalue weighted by Crippen LogP contribution is 2.43. The molecule has 2 aliphatic rings. The fourth-order valence-electron chi connectivity index (χ4n) is 4.79. The summed E-state index contributed by atoms with van der Waals surface area (Å²) in [6.07, 6.45) is 1.97. The first-order valence-electron chi connectivity index (χ1n) is 11.3. The Balaban J connectivity index is 1.41. The highest BCUT2D eigenvalue weighted by atomic mass is 16.5. The molecule has 1 aliphatic carbocycles. The Hall–Kier alpha value is -3.50. The van der Waals surface area contributed by atoms with Gasteiger partial charge in [0.25, 0.3) is 5.89 Å². The lowest BCUT2D eigenvalue weighted by Crippen LogP contribution is -2.50. The van der Waals surface area contributed by atoms with E-state index >= 15 is 0 Å². The summed E-state index contributed by atoms with van der Waals surface area (Å²) in [5, 5.41) is 4.25. The van der Waals surface area contributed by atoms with E-state index in [1.54, 1.807) is 19.1 Å².